The molecular formula is C15H21N5O2. The number of hydrogen-bond acceptors (Lipinski definition) is 6. The summed E-state index contributed by atoms with van der Waals surface area (Å²) >= 11 is 0. The van der Waals surface area contributed by atoms with Gasteiger partial charge >= 0.3 is 0 Å². The molecule has 1 unspecified atom stereocenters. The first-order valence-corrected chi connectivity index (χ1v) is 7.46. The molecule has 2 aromatic heterocycles. The first kappa shape index (κ1) is 14.8. The van der Waals surface area contributed by atoms with Crippen molar-refractivity contribution in [2.75, 3.05) is 25.6 Å². The van der Waals surface area contributed by atoms with Gasteiger partial charge in [0.15, 0.2) is 0 Å². The molecule has 3 heterocycles. The molecule has 2 aromatic rings. The second kappa shape index (κ2) is 6.74. The summed E-state index contributed by atoms with van der Waals surface area (Å²) in [4.78, 5) is 13.1. The van der Waals surface area contributed by atoms with E-state index in [-0.39, 0.29) is 6.04 Å². The maximum Gasteiger partial charge on any atom is 0.226 e. The van der Waals surface area contributed by atoms with E-state index in [1.54, 1.807) is 19.4 Å². The van der Waals surface area contributed by atoms with Crippen molar-refractivity contribution in [2.45, 2.75) is 18.9 Å². The van der Waals surface area contributed by atoms with E-state index in [4.69, 9.17) is 9.47 Å². The van der Waals surface area contributed by atoms with Crippen LogP contribution >= 0.6 is 0 Å². The molecule has 1 saturated heterocycles. The number of methoxy groups -OCH3 is 1. The fraction of sp³-hybridized carbons (Fsp3) is 0.533. The molecule has 0 bridgehead atoms. The second-order valence-electron chi connectivity index (χ2n) is 5.39. The zero-order valence-electron chi connectivity index (χ0n) is 12.9. The predicted molar refractivity (Wildman–Crippen MR) is 81.7 cm³/mol. The smallest absolute Gasteiger partial charge is 0.226 e. The zero-order valence-corrected chi connectivity index (χ0v) is 12.9. The zero-order chi connectivity index (χ0) is 15.4. The molecule has 1 aliphatic rings. The van der Waals surface area contributed by atoms with Crippen LogP contribution in [0.15, 0.2) is 24.7 Å². The first-order chi connectivity index (χ1) is 10.8. The van der Waals surface area contributed by atoms with E-state index in [9.17, 15) is 0 Å². The number of aromatic nitrogens is 4. The van der Waals surface area contributed by atoms with Crippen molar-refractivity contribution >= 4 is 5.95 Å². The van der Waals surface area contributed by atoms with Gasteiger partial charge in [-0.05, 0) is 18.8 Å². The quantitative estimate of drug-likeness (QED) is 0.908. The lowest BCUT2D eigenvalue weighted by Crippen LogP contribution is -2.29. The van der Waals surface area contributed by atoms with Gasteiger partial charge in [-0.1, -0.05) is 0 Å². The normalized spacial score (nSPS) is 17.2. The number of hydrogen-bond donors (Lipinski definition) is 1. The summed E-state index contributed by atoms with van der Waals surface area (Å²) in [5, 5.41) is 3.43. The van der Waals surface area contributed by atoms with Crippen LogP contribution in [0.2, 0.25) is 0 Å². The Hall–Kier alpha value is -2.15. The van der Waals surface area contributed by atoms with Crippen LogP contribution in [0.25, 0.3) is 0 Å². The Balaban J connectivity index is 1.86. The van der Waals surface area contributed by atoms with Crippen LogP contribution in [0.3, 0.4) is 0 Å². The molecule has 3 rings (SSSR count). The van der Waals surface area contributed by atoms with Crippen molar-refractivity contribution in [1.29, 1.82) is 0 Å². The van der Waals surface area contributed by atoms with E-state index in [0.29, 0.717) is 17.7 Å². The average molecular weight is 303 g/mol. The second-order valence-corrected chi connectivity index (χ2v) is 5.39. The van der Waals surface area contributed by atoms with E-state index in [1.807, 2.05) is 24.0 Å². The van der Waals surface area contributed by atoms with Gasteiger partial charge in [0.25, 0.3) is 0 Å². The van der Waals surface area contributed by atoms with Crippen LogP contribution in [-0.2, 0) is 11.8 Å². The Morgan fingerprint density at radius 1 is 1.32 bits per heavy atom. The lowest BCUT2D eigenvalue weighted by atomic mass is 9.91. The first-order valence-electron chi connectivity index (χ1n) is 7.46. The average Bonchev–Trinajstić information content (AvgIpc) is 2.99. The van der Waals surface area contributed by atoms with Gasteiger partial charge < -0.3 is 19.4 Å². The molecule has 118 valence electrons. The monoisotopic (exact) mass is 303 g/mol. The van der Waals surface area contributed by atoms with E-state index in [1.165, 1.54) is 0 Å². The summed E-state index contributed by atoms with van der Waals surface area (Å²) in [5.74, 6) is 2.52. The van der Waals surface area contributed by atoms with Gasteiger partial charge in [0.05, 0.1) is 13.2 Å². The van der Waals surface area contributed by atoms with Crippen molar-refractivity contribution < 1.29 is 9.47 Å². The third-order valence-electron chi connectivity index (χ3n) is 4.00. The molecule has 1 atom stereocenters. The van der Waals surface area contributed by atoms with E-state index in [0.717, 1.165) is 31.9 Å². The van der Waals surface area contributed by atoms with Gasteiger partial charge in [0.1, 0.15) is 5.82 Å². The summed E-state index contributed by atoms with van der Waals surface area (Å²) in [6.07, 6.45) is 7.45. The van der Waals surface area contributed by atoms with Crippen LogP contribution < -0.4 is 10.1 Å². The SMILES string of the molecule is COc1ccnc(NC(c2nccn2C)C2CCOCC2)n1. The van der Waals surface area contributed by atoms with Gasteiger partial charge in [0, 0.05) is 44.9 Å². The standard InChI is InChI=1S/C15H21N5O2/c1-20-8-7-16-14(20)13(11-4-9-22-10-5-11)19-15-17-6-3-12(18-15)21-2/h3,6-8,11,13H,4-5,9-10H2,1-2H3,(H,17,18,19). The lowest BCUT2D eigenvalue weighted by Gasteiger charge is -2.30. The molecule has 0 spiro atoms. The topological polar surface area (TPSA) is 74.1 Å². The number of imidazole rings is 1. The highest BCUT2D eigenvalue weighted by atomic mass is 16.5. The molecule has 0 amide bonds. The Morgan fingerprint density at radius 3 is 2.82 bits per heavy atom. The molecule has 7 nitrogen and oxygen atoms in total. The Morgan fingerprint density at radius 2 is 2.14 bits per heavy atom. The van der Waals surface area contributed by atoms with Crippen LogP contribution in [0, 0.1) is 5.92 Å². The number of nitrogens with one attached hydrogen (secondary N) is 1. The van der Waals surface area contributed by atoms with Crippen molar-refractivity contribution in [1.82, 2.24) is 19.5 Å². The highest BCUT2D eigenvalue weighted by Gasteiger charge is 2.28. The summed E-state index contributed by atoms with van der Waals surface area (Å²) in [7, 11) is 3.60. The maximum absolute atomic E-state index is 5.48. The molecule has 0 aromatic carbocycles. The number of rotatable bonds is 5. The summed E-state index contributed by atoms with van der Waals surface area (Å²) < 4.78 is 12.7. The van der Waals surface area contributed by atoms with Gasteiger partial charge in [0.2, 0.25) is 11.8 Å². The number of anilines is 1. The minimum atomic E-state index is 0.0519. The highest BCUT2D eigenvalue weighted by Crippen LogP contribution is 2.31. The van der Waals surface area contributed by atoms with Crippen LogP contribution in [0.1, 0.15) is 24.7 Å². The highest BCUT2D eigenvalue weighted by molar-refractivity contribution is 5.31. The van der Waals surface area contributed by atoms with Gasteiger partial charge in [-0.15, -0.1) is 0 Å². The Kier molecular flexibility index (Phi) is 4.53. The van der Waals surface area contributed by atoms with E-state index >= 15 is 0 Å². The summed E-state index contributed by atoms with van der Waals surface area (Å²) in [6.45, 7) is 1.57. The predicted octanol–water partition coefficient (Wildman–Crippen LogP) is 1.80. The Bertz CT molecular complexity index is 609. The third kappa shape index (κ3) is 3.19. The fourth-order valence-electron chi connectivity index (χ4n) is 2.78. The summed E-state index contributed by atoms with van der Waals surface area (Å²) in [6, 6.07) is 1.78. The third-order valence-corrected chi connectivity index (χ3v) is 4.00. The van der Waals surface area contributed by atoms with Crippen LogP contribution in [-0.4, -0.2) is 39.8 Å². The van der Waals surface area contributed by atoms with Gasteiger partial charge in [-0.25, -0.2) is 9.97 Å². The van der Waals surface area contributed by atoms with Gasteiger partial charge in [-0.2, -0.15) is 4.98 Å². The van der Waals surface area contributed by atoms with Crippen molar-refractivity contribution in [3.63, 3.8) is 0 Å². The minimum Gasteiger partial charge on any atom is -0.481 e. The van der Waals surface area contributed by atoms with E-state index < -0.39 is 0 Å². The maximum atomic E-state index is 5.48. The lowest BCUT2D eigenvalue weighted by molar-refractivity contribution is 0.0593. The molecule has 0 aliphatic carbocycles. The molecular weight excluding hydrogens is 282 g/mol. The van der Waals surface area contributed by atoms with Crippen molar-refractivity contribution in [3.05, 3.63) is 30.5 Å². The molecule has 7 heteroatoms. The van der Waals surface area contributed by atoms with E-state index in [2.05, 4.69) is 20.3 Å². The van der Waals surface area contributed by atoms with Crippen molar-refractivity contribution in [3.8, 4) is 5.88 Å². The van der Waals surface area contributed by atoms with Crippen LogP contribution in [0.5, 0.6) is 5.88 Å². The molecule has 1 aliphatic heterocycles. The van der Waals surface area contributed by atoms with Gasteiger partial charge in [-0.3, -0.25) is 0 Å². The molecule has 22 heavy (non-hydrogen) atoms. The molecule has 0 saturated carbocycles. The number of ether oxygens (including phenoxy) is 2. The molecule has 1 fully saturated rings. The van der Waals surface area contributed by atoms with Crippen molar-refractivity contribution in [2.24, 2.45) is 13.0 Å². The van der Waals surface area contributed by atoms with Crippen LogP contribution in [0.4, 0.5) is 5.95 Å². The number of aryl methyl sites for hydroxylation is 1. The molecule has 0 radical (unpaired) electrons. The fourth-order valence-corrected chi connectivity index (χ4v) is 2.78. The number of nitrogens with zero attached hydrogens (tertiary/aromatic N) is 4. The largest absolute Gasteiger partial charge is 0.481 e. The molecule has 1 N–H and O–H groups in total. The summed E-state index contributed by atoms with van der Waals surface area (Å²) in [5.41, 5.74) is 0. The minimum absolute atomic E-state index is 0.0519. The Labute approximate surface area is 129 Å².